The Labute approximate surface area is 77.9 Å². The van der Waals surface area contributed by atoms with E-state index in [2.05, 4.69) is 29.2 Å². The number of rotatable bonds is 1. The molecule has 49 valence electrons. The van der Waals surface area contributed by atoms with Gasteiger partial charge in [-0.05, 0) is 0 Å². The molecule has 0 spiro atoms. The number of benzene rings is 1. The summed E-state index contributed by atoms with van der Waals surface area (Å²) in [7, 11) is 0. The van der Waals surface area contributed by atoms with Gasteiger partial charge in [0.2, 0.25) is 0 Å². The van der Waals surface area contributed by atoms with Gasteiger partial charge in [0, 0.05) is 0 Å². The van der Waals surface area contributed by atoms with E-state index in [1.807, 2.05) is 18.2 Å². The predicted molar refractivity (Wildman–Crippen MR) is 41.4 cm³/mol. The van der Waals surface area contributed by atoms with Crippen molar-refractivity contribution < 1.29 is 18.6 Å². The molecule has 1 radical (unpaired) electrons. The molecule has 0 amide bonds. The largest absolute Gasteiger partial charge is 2.00 e. The molecule has 0 aliphatic heterocycles. The van der Waals surface area contributed by atoms with Crippen molar-refractivity contribution in [2.75, 3.05) is 0 Å². The molecule has 1 aromatic carbocycles. The zero-order valence-electron chi connectivity index (χ0n) is 5.15. The fourth-order valence-corrected chi connectivity index (χ4v) is 0.615. The number of hydrogen-bond donors (Lipinski definition) is 1. The molecular weight excluding hydrogens is 181 g/mol. The molecule has 0 atom stereocenters. The zero-order chi connectivity index (χ0) is 6.53. The van der Waals surface area contributed by atoms with E-state index in [1.54, 1.807) is 6.07 Å². The Morgan fingerprint density at radius 1 is 1.50 bits per heavy atom. The minimum Gasteiger partial charge on any atom is -0.471 e. The van der Waals surface area contributed by atoms with Gasteiger partial charge in [-0.2, -0.15) is 18.2 Å². The quantitative estimate of drug-likeness (QED) is 0.298. The Morgan fingerprint density at radius 3 is 2.80 bits per heavy atom. The summed E-state index contributed by atoms with van der Waals surface area (Å²) in [6, 6.07) is 10.3. The molecule has 0 aliphatic carbocycles. The van der Waals surface area contributed by atoms with Crippen molar-refractivity contribution >= 4 is 23.9 Å². The molecule has 0 N–H and O–H groups in total. The zero-order valence-corrected chi connectivity index (χ0v) is 7.44. The minimum absolute atomic E-state index is 0. The van der Waals surface area contributed by atoms with Crippen LogP contribution in [-0.4, -0.2) is 5.55 Å². The van der Waals surface area contributed by atoms with Crippen LogP contribution in [0.2, 0.25) is 0 Å². The molecule has 3 heteroatoms. The van der Waals surface area contributed by atoms with Gasteiger partial charge in [-0.3, -0.25) is 6.07 Å². The van der Waals surface area contributed by atoms with E-state index in [0.29, 0.717) is 0 Å². The van der Waals surface area contributed by atoms with Crippen molar-refractivity contribution in [3.05, 3.63) is 30.3 Å². The normalized spacial score (nSPS) is 9.30. The molecule has 10 heavy (non-hydrogen) atoms. The van der Waals surface area contributed by atoms with E-state index < -0.39 is 0 Å². The maximum Gasteiger partial charge on any atom is 2.00 e. The third-order valence-electron chi connectivity index (χ3n) is 0.863. The summed E-state index contributed by atoms with van der Waals surface area (Å²) in [5, 5.41) is 0. The first-order valence-electron chi connectivity index (χ1n) is 2.50. The number of thiol groups is 1. The van der Waals surface area contributed by atoms with Crippen molar-refractivity contribution in [1.82, 2.24) is 0 Å². The second-order valence-corrected chi connectivity index (χ2v) is 1.66. The van der Waals surface area contributed by atoms with Crippen LogP contribution >= 0.6 is 12.6 Å². The second kappa shape index (κ2) is 5.60. The summed E-state index contributed by atoms with van der Waals surface area (Å²) >= 11 is 3.70. The maximum atomic E-state index is 3.77. The average molecular weight is 186 g/mol. The topological polar surface area (TPSA) is 12.4 Å². The third kappa shape index (κ3) is 3.11. The Kier molecular flexibility index (Phi) is 5.50. The van der Waals surface area contributed by atoms with Gasteiger partial charge < -0.3 is 4.99 Å². The first-order valence-corrected chi connectivity index (χ1v) is 2.95. The summed E-state index contributed by atoms with van der Waals surface area (Å²) in [4.78, 5) is 3.77. The maximum absolute atomic E-state index is 3.77. The smallest absolute Gasteiger partial charge is 0.471 e. The van der Waals surface area contributed by atoms with Gasteiger partial charge in [-0.25, -0.2) is 24.4 Å². The Morgan fingerprint density at radius 2 is 2.30 bits per heavy atom. The summed E-state index contributed by atoms with van der Waals surface area (Å²) in [5.41, 5.74) is 3.13. The molecule has 1 aromatic rings. The molecule has 0 bridgehead atoms. The first-order chi connectivity index (χ1) is 4.43. The van der Waals surface area contributed by atoms with Crippen LogP contribution in [0.25, 0.3) is 0 Å². The van der Waals surface area contributed by atoms with Crippen LogP contribution in [0.4, 0.5) is 5.69 Å². The minimum atomic E-state index is 0. The molecule has 1 nitrogen and oxygen atoms in total. The van der Waals surface area contributed by atoms with E-state index in [-0.39, 0.29) is 18.6 Å². The van der Waals surface area contributed by atoms with E-state index in [4.69, 9.17) is 0 Å². The molecule has 0 unspecified atom stereocenters. The summed E-state index contributed by atoms with van der Waals surface area (Å²) < 4.78 is 0. The number of nitrogens with zero attached hydrogens (tertiary/aromatic N) is 1. The van der Waals surface area contributed by atoms with Gasteiger partial charge >= 0.3 is 18.6 Å². The van der Waals surface area contributed by atoms with E-state index in [9.17, 15) is 0 Å². The van der Waals surface area contributed by atoms with Gasteiger partial charge in [-0.15, -0.1) is 5.55 Å². The van der Waals surface area contributed by atoms with Crippen molar-refractivity contribution in [1.29, 1.82) is 0 Å². The van der Waals surface area contributed by atoms with Crippen LogP contribution < -0.4 is 0 Å². The van der Waals surface area contributed by atoms with Crippen molar-refractivity contribution in [2.45, 2.75) is 0 Å². The second-order valence-electron chi connectivity index (χ2n) is 1.46. The van der Waals surface area contributed by atoms with Crippen molar-refractivity contribution in [2.24, 2.45) is 4.99 Å². The molecule has 0 heterocycles. The molecule has 0 saturated carbocycles. The Hall–Kier alpha value is -0.176. The first kappa shape index (κ1) is 9.82. The molecular formula is C7H5NSV. The van der Waals surface area contributed by atoms with Gasteiger partial charge in [-0.1, -0.05) is 0 Å². The van der Waals surface area contributed by atoms with Crippen LogP contribution in [0, 0.1) is 6.07 Å². The van der Waals surface area contributed by atoms with Crippen LogP contribution in [0.1, 0.15) is 0 Å². The van der Waals surface area contributed by atoms with Gasteiger partial charge in [0.1, 0.15) is 0 Å². The summed E-state index contributed by atoms with van der Waals surface area (Å²) in [6.07, 6.45) is 0. The molecule has 0 aromatic heterocycles. The van der Waals surface area contributed by atoms with Gasteiger partial charge in [0.15, 0.2) is 0 Å². The predicted octanol–water partition coefficient (Wildman–Crippen LogP) is 1.95. The van der Waals surface area contributed by atoms with Crippen molar-refractivity contribution in [3.63, 3.8) is 0 Å². The van der Waals surface area contributed by atoms with E-state index in [1.165, 1.54) is 0 Å². The Bertz CT molecular complexity index is 198. The Balaban J connectivity index is 0.000000810. The van der Waals surface area contributed by atoms with E-state index >= 15 is 0 Å². The number of aliphatic imine (C=N–C) groups is 1. The van der Waals surface area contributed by atoms with Crippen LogP contribution in [0.5, 0.6) is 0 Å². The number of para-hydroxylation sites is 1. The third-order valence-corrected chi connectivity index (χ3v) is 0.963. The van der Waals surface area contributed by atoms with Crippen LogP contribution in [0.15, 0.2) is 29.3 Å². The molecule has 0 aliphatic rings. The molecule has 0 fully saturated rings. The van der Waals surface area contributed by atoms with Crippen LogP contribution in [-0.2, 0) is 18.6 Å². The SMILES string of the molecule is S[C-]=Nc1[c-]cccc1.[V+2]. The monoisotopic (exact) mass is 186 g/mol. The van der Waals surface area contributed by atoms with Crippen LogP contribution in [0.3, 0.4) is 0 Å². The standard InChI is InChI=1S/C7H5NS.V/c9-6-8-7-4-2-1-3-5-7;/h1-4H,(H,8,9);/q-2;+2. The van der Waals surface area contributed by atoms with Gasteiger partial charge in [0.25, 0.3) is 0 Å². The average Bonchev–Trinajstić information content (AvgIpc) is 1.91. The number of hydrogen-bond acceptors (Lipinski definition) is 1. The summed E-state index contributed by atoms with van der Waals surface area (Å²) in [5.74, 6) is 0. The van der Waals surface area contributed by atoms with Crippen molar-refractivity contribution in [3.8, 4) is 0 Å². The van der Waals surface area contributed by atoms with E-state index in [0.717, 1.165) is 5.69 Å². The molecule has 0 saturated heterocycles. The fourth-order valence-electron chi connectivity index (χ4n) is 0.507. The molecule has 1 rings (SSSR count). The fraction of sp³-hybridized carbons (Fsp3) is 0. The summed E-state index contributed by atoms with van der Waals surface area (Å²) in [6.45, 7) is 0. The van der Waals surface area contributed by atoms with Gasteiger partial charge in [0.05, 0.1) is 0 Å².